The van der Waals surface area contributed by atoms with Gasteiger partial charge in [0, 0.05) is 19.6 Å². The molecule has 5 heteroatoms. The van der Waals surface area contributed by atoms with Crippen molar-refractivity contribution >= 4 is 12.4 Å². The summed E-state index contributed by atoms with van der Waals surface area (Å²) in [5.74, 6) is 1.74. The lowest BCUT2D eigenvalue weighted by Crippen LogP contribution is -2.45. The second-order valence-electron chi connectivity index (χ2n) is 6.56. The number of nitrogens with one attached hydrogen (secondary N) is 1. The van der Waals surface area contributed by atoms with Gasteiger partial charge in [-0.3, -0.25) is 4.90 Å². The summed E-state index contributed by atoms with van der Waals surface area (Å²) in [5, 5.41) is 3.48. The lowest BCUT2D eigenvalue weighted by Gasteiger charge is -2.35. The minimum absolute atomic E-state index is 0. The third kappa shape index (κ3) is 4.06. The summed E-state index contributed by atoms with van der Waals surface area (Å²) in [6.45, 7) is 10.6. The number of hydrogen-bond donors (Lipinski definition) is 1. The van der Waals surface area contributed by atoms with Crippen molar-refractivity contribution in [2.24, 2.45) is 5.41 Å². The molecule has 2 aliphatic rings. The molecule has 0 saturated carbocycles. The molecule has 0 amide bonds. The molecule has 0 aromatic heterocycles. The number of nitrogens with zero attached hydrogens (tertiary/aromatic N) is 1. The molecule has 0 radical (unpaired) electrons. The quantitative estimate of drug-likeness (QED) is 0.901. The van der Waals surface area contributed by atoms with E-state index in [1.165, 1.54) is 6.42 Å². The molecule has 1 aromatic rings. The second-order valence-corrected chi connectivity index (χ2v) is 6.56. The number of rotatable bonds is 5. The molecule has 2 heterocycles. The molecule has 1 N–H and O–H groups in total. The Hall–Kier alpha value is -0.970. The van der Waals surface area contributed by atoms with E-state index in [9.17, 15) is 0 Å². The van der Waals surface area contributed by atoms with Crippen LogP contribution < -0.4 is 14.8 Å². The molecule has 3 rings (SSSR count). The van der Waals surface area contributed by atoms with Gasteiger partial charge in [0.25, 0.3) is 0 Å². The van der Waals surface area contributed by atoms with Crippen LogP contribution in [0.25, 0.3) is 0 Å². The number of halogens is 1. The fraction of sp³-hybridized carbons (Fsp3) is 0.647. The van der Waals surface area contributed by atoms with Crippen molar-refractivity contribution in [1.82, 2.24) is 10.2 Å². The summed E-state index contributed by atoms with van der Waals surface area (Å²) >= 11 is 0. The van der Waals surface area contributed by atoms with Crippen LogP contribution in [0, 0.1) is 5.41 Å². The average molecular weight is 327 g/mol. The van der Waals surface area contributed by atoms with Crippen LogP contribution >= 0.6 is 12.4 Å². The molecule has 0 bridgehead atoms. The van der Waals surface area contributed by atoms with Crippen LogP contribution in [0.1, 0.15) is 20.3 Å². The number of likely N-dealkylation sites (N-methyl/N-ethyl adjacent to an activating group) is 1. The van der Waals surface area contributed by atoms with E-state index in [0.717, 1.165) is 44.2 Å². The van der Waals surface area contributed by atoms with Crippen LogP contribution in [0.4, 0.5) is 0 Å². The summed E-state index contributed by atoms with van der Waals surface area (Å²) in [6, 6.07) is 7.93. The van der Waals surface area contributed by atoms with Gasteiger partial charge in [0.1, 0.15) is 12.7 Å². The molecule has 4 nitrogen and oxygen atoms in total. The van der Waals surface area contributed by atoms with E-state index in [2.05, 4.69) is 24.1 Å². The molecule has 2 aliphatic heterocycles. The summed E-state index contributed by atoms with van der Waals surface area (Å²) in [4.78, 5) is 2.50. The van der Waals surface area contributed by atoms with Crippen molar-refractivity contribution in [3.8, 4) is 11.5 Å². The highest BCUT2D eigenvalue weighted by molar-refractivity contribution is 5.85. The van der Waals surface area contributed by atoms with E-state index in [-0.39, 0.29) is 18.5 Å². The molecular weight excluding hydrogens is 300 g/mol. The Bertz CT molecular complexity index is 477. The van der Waals surface area contributed by atoms with Crippen LogP contribution in [0.15, 0.2) is 24.3 Å². The van der Waals surface area contributed by atoms with Crippen molar-refractivity contribution in [2.75, 3.05) is 39.3 Å². The Labute approximate surface area is 139 Å². The van der Waals surface area contributed by atoms with E-state index in [0.29, 0.717) is 12.0 Å². The summed E-state index contributed by atoms with van der Waals surface area (Å²) < 4.78 is 11.9. The van der Waals surface area contributed by atoms with E-state index in [4.69, 9.17) is 9.47 Å². The fourth-order valence-electron chi connectivity index (χ4n) is 3.29. The van der Waals surface area contributed by atoms with E-state index in [1.54, 1.807) is 0 Å². The van der Waals surface area contributed by atoms with Crippen molar-refractivity contribution in [1.29, 1.82) is 0 Å². The van der Waals surface area contributed by atoms with Crippen LogP contribution in [0.5, 0.6) is 11.5 Å². The minimum atomic E-state index is 0. The van der Waals surface area contributed by atoms with Gasteiger partial charge in [-0.1, -0.05) is 26.0 Å². The Morgan fingerprint density at radius 2 is 2.09 bits per heavy atom. The Morgan fingerprint density at radius 1 is 1.32 bits per heavy atom. The lowest BCUT2D eigenvalue weighted by atomic mass is 9.89. The third-order valence-electron chi connectivity index (χ3n) is 4.54. The molecule has 0 spiro atoms. The highest BCUT2D eigenvalue weighted by Crippen LogP contribution is 2.31. The minimum Gasteiger partial charge on any atom is -0.486 e. The zero-order valence-electron chi connectivity index (χ0n) is 13.5. The number of hydrogen-bond acceptors (Lipinski definition) is 4. The molecule has 1 fully saturated rings. The molecule has 124 valence electrons. The standard InChI is InChI=1S/C17H26N2O2.ClH/c1-3-19(13-17(2)8-9-18-12-17)10-14-11-20-15-6-4-5-7-16(15)21-14;/h4-7,14,18H,3,8-13H2,1-2H3;1H. The smallest absolute Gasteiger partial charge is 0.161 e. The van der Waals surface area contributed by atoms with Gasteiger partial charge in [-0.2, -0.15) is 0 Å². The van der Waals surface area contributed by atoms with E-state index < -0.39 is 0 Å². The van der Waals surface area contributed by atoms with Gasteiger partial charge in [-0.25, -0.2) is 0 Å². The number of fused-ring (bicyclic) bond motifs is 1. The van der Waals surface area contributed by atoms with Crippen LogP contribution in [-0.4, -0.2) is 50.3 Å². The van der Waals surface area contributed by atoms with Crippen molar-refractivity contribution < 1.29 is 9.47 Å². The highest BCUT2D eigenvalue weighted by Gasteiger charge is 2.32. The lowest BCUT2D eigenvalue weighted by molar-refractivity contribution is 0.0491. The average Bonchev–Trinajstić information content (AvgIpc) is 2.93. The van der Waals surface area contributed by atoms with E-state index >= 15 is 0 Å². The number of benzene rings is 1. The van der Waals surface area contributed by atoms with Crippen LogP contribution in [-0.2, 0) is 0 Å². The first-order valence-corrected chi connectivity index (χ1v) is 8.00. The van der Waals surface area contributed by atoms with Gasteiger partial charge < -0.3 is 14.8 Å². The van der Waals surface area contributed by atoms with Gasteiger partial charge in [0.2, 0.25) is 0 Å². The first kappa shape index (κ1) is 17.4. The van der Waals surface area contributed by atoms with E-state index in [1.807, 2.05) is 24.3 Å². The Kier molecular flexibility index (Phi) is 5.95. The highest BCUT2D eigenvalue weighted by atomic mass is 35.5. The van der Waals surface area contributed by atoms with Crippen molar-refractivity contribution in [3.05, 3.63) is 24.3 Å². The fourth-order valence-corrected chi connectivity index (χ4v) is 3.29. The molecule has 2 unspecified atom stereocenters. The summed E-state index contributed by atoms with van der Waals surface area (Å²) in [7, 11) is 0. The third-order valence-corrected chi connectivity index (χ3v) is 4.54. The van der Waals surface area contributed by atoms with Crippen molar-refractivity contribution in [3.63, 3.8) is 0 Å². The molecule has 1 aromatic carbocycles. The Balaban J connectivity index is 0.00000176. The first-order chi connectivity index (χ1) is 10.2. The van der Waals surface area contributed by atoms with Gasteiger partial charge in [-0.05, 0) is 37.1 Å². The molecular formula is C17H27ClN2O2. The van der Waals surface area contributed by atoms with Crippen molar-refractivity contribution in [2.45, 2.75) is 26.4 Å². The maximum atomic E-state index is 6.08. The predicted molar refractivity (Wildman–Crippen MR) is 91.3 cm³/mol. The van der Waals surface area contributed by atoms with Gasteiger partial charge >= 0.3 is 0 Å². The predicted octanol–water partition coefficient (Wildman–Crippen LogP) is 2.57. The topological polar surface area (TPSA) is 33.7 Å². The maximum Gasteiger partial charge on any atom is 0.161 e. The summed E-state index contributed by atoms with van der Waals surface area (Å²) in [6.07, 6.45) is 1.38. The SMILES string of the molecule is CCN(CC1COc2ccccc2O1)CC1(C)CCNC1.Cl. The molecule has 1 saturated heterocycles. The monoisotopic (exact) mass is 326 g/mol. The van der Waals surface area contributed by atoms with Crippen LogP contribution in [0.3, 0.4) is 0 Å². The van der Waals surface area contributed by atoms with Gasteiger partial charge in [0.15, 0.2) is 11.5 Å². The zero-order chi connectivity index (χ0) is 14.7. The Morgan fingerprint density at radius 3 is 2.77 bits per heavy atom. The molecule has 2 atom stereocenters. The normalized spacial score (nSPS) is 26.8. The zero-order valence-corrected chi connectivity index (χ0v) is 14.3. The number of para-hydroxylation sites is 2. The largest absolute Gasteiger partial charge is 0.486 e. The van der Waals surface area contributed by atoms with Crippen LogP contribution in [0.2, 0.25) is 0 Å². The number of ether oxygens (including phenoxy) is 2. The van der Waals surface area contributed by atoms with Gasteiger partial charge in [-0.15, -0.1) is 12.4 Å². The second kappa shape index (κ2) is 7.53. The summed E-state index contributed by atoms with van der Waals surface area (Å²) in [5.41, 5.74) is 0.392. The molecule has 22 heavy (non-hydrogen) atoms. The molecule has 0 aliphatic carbocycles. The maximum absolute atomic E-state index is 6.08. The first-order valence-electron chi connectivity index (χ1n) is 8.00. The van der Waals surface area contributed by atoms with Gasteiger partial charge in [0.05, 0.1) is 0 Å².